The number of amides is 1. The molecule has 1 aromatic rings. The van der Waals surface area contributed by atoms with Crippen LogP contribution in [0.4, 0.5) is 0 Å². The molecule has 9 heteroatoms. The van der Waals surface area contributed by atoms with E-state index in [0.717, 1.165) is 19.3 Å². The minimum absolute atomic E-state index is 0.0734. The first kappa shape index (κ1) is 35.3. The van der Waals surface area contributed by atoms with Crippen LogP contribution in [0.1, 0.15) is 127 Å². The van der Waals surface area contributed by atoms with E-state index in [9.17, 15) is 19.0 Å². The molecule has 0 fully saturated rings. The van der Waals surface area contributed by atoms with Gasteiger partial charge < -0.3 is 14.9 Å². The predicted molar refractivity (Wildman–Crippen MR) is 156 cm³/mol. The fourth-order valence-electron chi connectivity index (χ4n) is 4.41. The molecule has 1 unspecified atom stereocenters. The zero-order chi connectivity index (χ0) is 28.8. The van der Waals surface area contributed by atoms with Gasteiger partial charge in [-0.2, -0.15) is 0 Å². The standard InChI is InChI=1S/C30H52NO7P/c1-4-6-7-8-9-10-11-12-13-14-15-16-20-23-29(38-30(33)27-21-18-17-19-22-27)28(31-26(3)32)25-37-39(34,35)36-24-5-2/h17-19,21-22,28-29H,4-16,20,23-25H2,1-3H3,(H,31,32)(H,34,35)/t28-,29+/m0/s1. The van der Waals surface area contributed by atoms with Crippen LogP contribution in [0.5, 0.6) is 0 Å². The summed E-state index contributed by atoms with van der Waals surface area (Å²) in [4.78, 5) is 34.7. The third kappa shape index (κ3) is 18.3. The third-order valence-corrected chi connectivity index (χ3v) is 7.56. The van der Waals surface area contributed by atoms with E-state index in [1.807, 2.05) is 13.0 Å². The average Bonchev–Trinajstić information content (AvgIpc) is 2.92. The highest BCUT2D eigenvalue weighted by Gasteiger charge is 2.30. The number of nitrogens with one attached hydrogen (secondary N) is 1. The maximum Gasteiger partial charge on any atom is 0.472 e. The van der Waals surface area contributed by atoms with Crippen LogP contribution in [0.3, 0.4) is 0 Å². The molecular weight excluding hydrogens is 517 g/mol. The Morgan fingerprint density at radius 2 is 1.36 bits per heavy atom. The first-order chi connectivity index (χ1) is 18.8. The highest BCUT2D eigenvalue weighted by atomic mass is 31.2. The van der Waals surface area contributed by atoms with Gasteiger partial charge in [0.2, 0.25) is 5.91 Å². The van der Waals surface area contributed by atoms with E-state index in [4.69, 9.17) is 13.8 Å². The molecule has 3 atom stereocenters. The van der Waals surface area contributed by atoms with Crippen molar-refractivity contribution in [1.29, 1.82) is 0 Å². The summed E-state index contributed by atoms with van der Waals surface area (Å²) in [6, 6.07) is 7.84. The molecule has 1 rings (SSSR count). The van der Waals surface area contributed by atoms with Crippen molar-refractivity contribution >= 4 is 19.7 Å². The normalized spacial score (nSPS) is 14.4. The van der Waals surface area contributed by atoms with Crippen LogP contribution in [0.2, 0.25) is 0 Å². The monoisotopic (exact) mass is 569 g/mol. The van der Waals surface area contributed by atoms with Crippen molar-refractivity contribution < 1.29 is 32.8 Å². The van der Waals surface area contributed by atoms with E-state index in [1.54, 1.807) is 24.3 Å². The van der Waals surface area contributed by atoms with Gasteiger partial charge in [-0.3, -0.25) is 13.8 Å². The van der Waals surface area contributed by atoms with Crippen LogP contribution >= 0.6 is 7.82 Å². The molecular formula is C30H52NO7P. The second kappa shape index (κ2) is 22.0. The topological polar surface area (TPSA) is 111 Å². The number of unbranched alkanes of at least 4 members (excludes halogenated alkanes) is 12. The lowest BCUT2D eigenvalue weighted by atomic mass is 10.0. The van der Waals surface area contributed by atoms with Gasteiger partial charge in [0.05, 0.1) is 24.8 Å². The van der Waals surface area contributed by atoms with Crippen molar-refractivity contribution in [3.63, 3.8) is 0 Å². The summed E-state index contributed by atoms with van der Waals surface area (Å²) < 4.78 is 28.1. The molecule has 39 heavy (non-hydrogen) atoms. The number of benzene rings is 1. The van der Waals surface area contributed by atoms with Crippen LogP contribution in [0.25, 0.3) is 0 Å². The Morgan fingerprint density at radius 3 is 1.87 bits per heavy atom. The molecule has 8 nitrogen and oxygen atoms in total. The fourth-order valence-corrected chi connectivity index (χ4v) is 5.24. The maximum atomic E-state index is 12.8. The van der Waals surface area contributed by atoms with Gasteiger partial charge in [-0.25, -0.2) is 9.36 Å². The minimum Gasteiger partial charge on any atom is -0.456 e. The fraction of sp³-hybridized carbons (Fsp3) is 0.733. The molecule has 224 valence electrons. The van der Waals surface area contributed by atoms with Gasteiger partial charge in [-0.1, -0.05) is 109 Å². The zero-order valence-corrected chi connectivity index (χ0v) is 25.3. The van der Waals surface area contributed by atoms with Crippen LogP contribution < -0.4 is 5.32 Å². The highest BCUT2D eigenvalue weighted by Crippen LogP contribution is 2.43. The van der Waals surface area contributed by atoms with Crippen molar-refractivity contribution in [2.24, 2.45) is 0 Å². The Balaban J connectivity index is 2.59. The van der Waals surface area contributed by atoms with E-state index in [1.165, 1.54) is 71.1 Å². The lowest BCUT2D eigenvalue weighted by Crippen LogP contribution is -2.47. The molecule has 0 aliphatic rings. The van der Waals surface area contributed by atoms with Crippen molar-refractivity contribution in [2.45, 2.75) is 129 Å². The lowest BCUT2D eigenvalue weighted by molar-refractivity contribution is -0.121. The Kier molecular flexibility index (Phi) is 19.9. The largest absolute Gasteiger partial charge is 0.472 e. The van der Waals surface area contributed by atoms with Gasteiger partial charge in [-0.05, 0) is 31.4 Å². The molecule has 0 aliphatic heterocycles. The molecule has 0 bridgehead atoms. The SMILES string of the molecule is CCCCCCCCCCCCCCC[C@@H](OC(=O)c1ccccc1)[C@H](COP(=O)(O)OCCC)NC(C)=O. The summed E-state index contributed by atoms with van der Waals surface area (Å²) in [5, 5.41) is 2.73. The van der Waals surface area contributed by atoms with E-state index in [2.05, 4.69) is 12.2 Å². The van der Waals surface area contributed by atoms with Crippen LogP contribution in [-0.4, -0.2) is 42.1 Å². The van der Waals surface area contributed by atoms with Gasteiger partial charge in [-0.15, -0.1) is 0 Å². The zero-order valence-electron chi connectivity index (χ0n) is 24.4. The molecule has 0 spiro atoms. The number of hydrogen-bond acceptors (Lipinski definition) is 6. The quantitative estimate of drug-likeness (QED) is 0.0744. The summed E-state index contributed by atoms with van der Waals surface area (Å²) in [5.41, 5.74) is 0.398. The first-order valence-electron chi connectivity index (χ1n) is 14.9. The van der Waals surface area contributed by atoms with Crippen molar-refractivity contribution in [3.05, 3.63) is 35.9 Å². The second-order valence-electron chi connectivity index (χ2n) is 10.2. The Morgan fingerprint density at radius 1 is 0.821 bits per heavy atom. The van der Waals surface area contributed by atoms with E-state index in [-0.39, 0.29) is 19.1 Å². The lowest BCUT2D eigenvalue weighted by Gasteiger charge is -2.28. The molecule has 0 saturated carbocycles. The number of carbonyl (C=O) groups is 2. The molecule has 0 heterocycles. The smallest absolute Gasteiger partial charge is 0.456 e. The molecule has 0 radical (unpaired) electrons. The Bertz CT molecular complexity index is 821. The number of phosphoric acid groups is 1. The van der Waals surface area contributed by atoms with E-state index < -0.39 is 25.9 Å². The third-order valence-electron chi connectivity index (χ3n) is 6.57. The second-order valence-corrected chi connectivity index (χ2v) is 11.7. The number of rotatable bonds is 24. The number of hydrogen-bond donors (Lipinski definition) is 2. The Hall–Kier alpha value is -1.73. The van der Waals surface area contributed by atoms with Gasteiger partial charge in [0.25, 0.3) is 0 Å². The average molecular weight is 570 g/mol. The molecule has 2 N–H and O–H groups in total. The van der Waals surface area contributed by atoms with E-state index in [0.29, 0.717) is 18.4 Å². The van der Waals surface area contributed by atoms with Crippen molar-refractivity contribution in [3.8, 4) is 0 Å². The highest BCUT2D eigenvalue weighted by molar-refractivity contribution is 7.47. The van der Waals surface area contributed by atoms with Crippen LogP contribution in [0, 0.1) is 0 Å². The number of carbonyl (C=O) groups excluding carboxylic acids is 2. The Labute approximate surface area is 236 Å². The van der Waals surface area contributed by atoms with Gasteiger partial charge in [0.15, 0.2) is 0 Å². The van der Waals surface area contributed by atoms with E-state index >= 15 is 0 Å². The molecule has 1 amide bonds. The summed E-state index contributed by atoms with van der Waals surface area (Å²) >= 11 is 0. The number of phosphoric ester groups is 1. The van der Waals surface area contributed by atoms with Crippen LogP contribution in [0.15, 0.2) is 30.3 Å². The molecule has 0 aromatic heterocycles. The summed E-state index contributed by atoms with van der Waals surface area (Å²) in [6.45, 7) is 5.16. The summed E-state index contributed by atoms with van der Waals surface area (Å²) in [7, 11) is -4.29. The summed E-state index contributed by atoms with van der Waals surface area (Å²) in [6.07, 6.45) is 16.2. The molecule has 0 aliphatic carbocycles. The van der Waals surface area contributed by atoms with Gasteiger partial charge in [0, 0.05) is 6.92 Å². The summed E-state index contributed by atoms with van der Waals surface area (Å²) in [5.74, 6) is -0.864. The predicted octanol–water partition coefficient (Wildman–Crippen LogP) is 7.74. The minimum atomic E-state index is -4.29. The van der Waals surface area contributed by atoms with Gasteiger partial charge in [0.1, 0.15) is 6.10 Å². The maximum absolute atomic E-state index is 12.8. The van der Waals surface area contributed by atoms with Crippen LogP contribution in [-0.2, 0) is 23.1 Å². The van der Waals surface area contributed by atoms with Crippen molar-refractivity contribution in [1.82, 2.24) is 5.32 Å². The molecule has 0 saturated heterocycles. The van der Waals surface area contributed by atoms with Crippen molar-refractivity contribution in [2.75, 3.05) is 13.2 Å². The first-order valence-corrected chi connectivity index (χ1v) is 16.4. The number of esters is 1. The van der Waals surface area contributed by atoms with Gasteiger partial charge >= 0.3 is 13.8 Å². The number of ether oxygens (including phenoxy) is 1. The molecule has 1 aromatic carbocycles.